The molecule has 1 fully saturated rings. The van der Waals surface area contributed by atoms with Crippen molar-refractivity contribution in [2.24, 2.45) is 0 Å². The summed E-state index contributed by atoms with van der Waals surface area (Å²) in [6.07, 6.45) is 7.75. The Balaban J connectivity index is 2.30. The van der Waals surface area contributed by atoms with E-state index in [4.69, 9.17) is 5.11 Å². The molecule has 0 spiro atoms. The van der Waals surface area contributed by atoms with Crippen LogP contribution in [-0.2, 0) is 0 Å². The van der Waals surface area contributed by atoms with E-state index in [-0.39, 0.29) is 6.61 Å². The van der Waals surface area contributed by atoms with Crippen molar-refractivity contribution in [1.29, 1.82) is 0 Å². The Hall–Kier alpha value is -0.340. The molecular formula is C10H19NO. The van der Waals surface area contributed by atoms with E-state index in [0.717, 1.165) is 13.0 Å². The molecule has 0 radical (unpaired) electrons. The summed E-state index contributed by atoms with van der Waals surface area (Å²) in [5.74, 6) is 0. The second kappa shape index (κ2) is 5.33. The highest BCUT2D eigenvalue weighted by atomic mass is 16.2. The van der Waals surface area contributed by atoms with Crippen LogP contribution in [0.15, 0.2) is 12.2 Å². The van der Waals surface area contributed by atoms with Gasteiger partial charge in [-0.3, -0.25) is 4.90 Å². The first-order valence-electron chi connectivity index (χ1n) is 4.90. The minimum atomic E-state index is 0.273. The van der Waals surface area contributed by atoms with Gasteiger partial charge in [0.15, 0.2) is 0 Å². The molecule has 0 aromatic rings. The monoisotopic (exact) mass is 169 g/mol. The van der Waals surface area contributed by atoms with Gasteiger partial charge in [0.25, 0.3) is 0 Å². The van der Waals surface area contributed by atoms with Crippen LogP contribution in [0.25, 0.3) is 0 Å². The second-order valence-corrected chi connectivity index (χ2v) is 3.28. The van der Waals surface area contributed by atoms with E-state index in [1.165, 1.54) is 19.4 Å². The highest BCUT2D eigenvalue weighted by molar-refractivity contribution is 4.97. The zero-order valence-corrected chi connectivity index (χ0v) is 7.87. The van der Waals surface area contributed by atoms with Crippen LogP contribution in [0, 0.1) is 0 Å². The topological polar surface area (TPSA) is 23.5 Å². The lowest BCUT2D eigenvalue weighted by Crippen LogP contribution is -2.27. The SMILES string of the molecule is CCN1CCCC1/C=C\CCO. The molecule has 1 unspecified atom stereocenters. The zero-order chi connectivity index (χ0) is 8.81. The third-order valence-electron chi connectivity index (χ3n) is 2.47. The molecule has 1 heterocycles. The molecule has 0 saturated carbocycles. The molecule has 0 aliphatic carbocycles. The van der Waals surface area contributed by atoms with E-state index in [1.807, 2.05) is 0 Å². The molecule has 1 aliphatic heterocycles. The molecule has 1 saturated heterocycles. The highest BCUT2D eigenvalue weighted by Crippen LogP contribution is 2.17. The van der Waals surface area contributed by atoms with Gasteiger partial charge in [0, 0.05) is 12.6 Å². The quantitative estimate of drug-likeness (QED) is 0.643. The molecule has 0 amide bonds. The van der Waals surface area contributed by atoms with Crippen molar-refractivity contribution in [3.05, 3.63) is 12.2 Å². The van der Waals surface area contributed by atoms with Gasteiger partial charge in [-0.15, -0.1) is 0 Å². The maximum absolute atomic E-state index is 8.60. The van der Waals surface area contributed by atoms with E-state index >= 15 is 0 Å². The van der Waals surface area contributed by atoms with Crippen LogP contribution in [0.3, 0.4) is 0 Å². The van der Waals surface area contributed by atoms with Gasteiger partial charge in [-0.25, -0.2) is 0 Å². The first-order chi connectivity index (χ1) is 5.88. The fraction of sp³-hybridized carbons (Fsp3) is 0.800. The predicted molar refractivity (Wildman–Crippen MR) is 51.1 cm³/mol. The number of hydrogen-bond donors (Lipinski definition) is 1. The molecule has 1 aliphatic rings. The lowest BCUT2D eigenvalue weighted by atomic mass is 10.2. The van der Waals surface area contributed by atoms with Crippen LogP contribution in [0.5, 0.6) is 0 Å². The van der Waals surface area contributed by atoms with E-state index < -0.39 is 0 Å². The molecule has 12 heavy (non-hydrogen) atoms. The third kappa shape index (κ3) is 2.61. The van der Waals surface area contributed by atoms with Gasteiger partial charge < -0.3 is 5.11 Å². The van der Waals surface area contributed by atoms with E-state index in [2.05, 4.69) is 24.0 Å². The van der Waals surface area contributed by atoms with Crippen molar-refractivity contribution < 1.29 is 5.11 Å². The van der Waals surface area contributed by atoms with Gasteiger partial charge in [-0.05, 0) is 32.4 Å². The molecule has 0 bridgehead atoms. The molecule has 2 heteroatoms. The van der Waals surface area contributed by atoms with Gasteiger partial charge in [0.1, 0.15) is 0 Å². The van der Waals surface area contributed by atoms with Crippen LogP contribution in [-0.4, -0.2) is 35.7 Å². The highest BCUT2D eigenvalue weighted by Gasteiger charge is 2.19. The van der Waals surface area contributed by atoms with Crippen LogP contribution in [0.1, 0.15) is 26.2 Å². The number of hydrogen-bond acceptors (Lipinski definition) is 2. The first kappa shape index (κ1) is 9.75. The number of nitrogens with zero attached hydrogens (tertiary/aromatic N) is 1. The number of likely N-dealkylation sites (N-methyl/N-ethyl adjacent to an activating group) is 1. The number of aliphatic hydroxyl groups excluding tert-OH is 1. The Morgan fingerprint density at radius 1 is 1.58 bits per heavy atom. The predicted octanol–water partition coefficient (Wildman–Crippen LogP) is 1.41. The second-order valence-electron chi connectivity index (χ2n) is 3.28. The van der Waals surface area contributed by atoms with Crippen LogP contribution in [0.4, 0.5) is 0 Å². The summed E-state index contributed by atoms with van der Waals surface area (Å²) >= 11 is 0. The first-order valence-corrected chi connectivity index (χ1v) is 4.90. The summed E-state index contributed by atoms with van der Waals surface area (Å²) in [6.45, 7) is 4.87. The van der Waals surface area contributed by atoms with Gasteiger partial charge in [0.05, 0.1) is 0 Å². The molecule has 1 atom stereocenters. The van der Waals surface area contributed by atoms with Crippen molar-refractivity contribution in [2.45, 2.75) is 32.2 Å². The molecular weight excluding hydrogens is 150 g/mol. The average Bonchev–Trinajstić information content (AvgIpc) is 2.52. The molecule has 0 aromatic heterocycles. The van der Waals surface area contributed by atoms with E-state index in [1.54, 1.807) is 0 Å². The Morgan fingerprint density at radius 3 is 3.08 bits per heavy atom. The largest absolute Gasteiger partial charge is 0.396 e. The summed E-state index contributed by atoms with van der Waals surface area (Å²) < 4.78 is 0. The summed E-state index contributed by atoms with van der Waals surface area (Å²) in [5, 5.41) is 8.60. The van der Waals surface area contributed by atoms with Crippen molar-refractivity contribution in [3.63, 3.8) is 0 Å². The average molecular weight is 169 g/mol. The number of rotatable bonds is 4. The van der Waals surface area contributed by atoms with Crippen molar-refractivity contribution in [1.82, 2.24) is 4.90 Å². The fourth-order valence-electron chi connectivity index (χ4n) is 1.79. The Morgan fingerprint density at radius 2 is 2.42 bits per heavy atom. The Bertz CT molecular complexity index is 145. The molecule has 1 N–H and O–H groups in total. The van der Waals surface area contributed by atoms with Crippen molar-refractivity contribution in [2.75, 3.05) is 19.7 Å². The lowest BCUT2D eigenvalue weighted by molar-refractivity contribution is 0.297. The Kier molecular flexibility index (Phi) is 4.33. The van der Waals surface area contributed by atoms with E-state index in [0.29, 0.717) is 6.04 Å². The smallest absolute Gasteiger partial charge is 0.0465 e. The van der Waals surface area contributed by atoms with Gasteiger partial charge >= 0.3 is 0 Å². The number of aliphatic hydroxyl groups is 1. The van der Waals surface area contributed by atoms with Crippen LogP contribution in [0.2, 0.25) is 0 Å². The normalized spacial score (nSPS) is 25.7. The van der Waals surface area contributed by atoms with E-state index in [9.17, 15) is 0 Å². The molecule has 2 nitrogen and oxygen atoms in total. The maximum Gasteiger partial charge on any atom is 0.0465 e. The molecule has 1 rings (SSSR count). The van der Waals surface area contributed by atoms with Gasteiger partial charge in [-0.2, -0.15) is 0 Å². The summed E-state index contributed by atoms with van der Waals surface area (Å²) in [7, 11) is 0. The molecule has 70 valence electrons. The minimum absolute atomic E-state index is 0.273. The number of likely N-dealkylation sites (tertiary alicyclic amines) is 1. The van der Waals surface area contributed by atoms with Crippen molar-refractivity contribution >= 4 is 0 Å². The maximum atomic E-state index is 8.60. The van der Waals surface area contributed by atoms with Gasteiger partial charge in [0.2, 0.25) is 0 Å². The summed E-state index contributed by atoms with van der Waals surface area (Å²) in [4.78, 5) is 2.48. The van der Waals surface area contributed by atoms with Crippen LogP contribution >= 0.6 is 0 Å². The molecule has 0 aromatic carbocycles. The minimum Gasteiger partial charge on any atom is -0.396 e. The standard InChI is InChI=1S/C10H19NO/c1-2-11-8-5-7-10(11)6-3-4-9-12/h3,6,10,12H,2,4-5,7-9H2,1H3/b6-3-. The van der Waals surface area contributed by atoms with Gasteiger partial charge in [-0.1, -0.05) is 19.1 Å². The Labute approximate surface area is 74.9 Å². The summed E-state index contributed by atoms with van der Waals surface area (Å²) in [6, 6.07) is 0.640. The van der Waals surface area contributed by atoms with Crippen LogP contribution < -0.4 is 0 Å². The fourth-order valence-corrected chi connectivity index (χ4v) is 1.79. The summed E-state index contributed by atoms with van der Waals surface area (Å²) in [5.41, 5.74) is 0. The lowest BCUT2D eigenvalue weighted by Gasteiger charge is -2.18. The van der Waals surface area contributed by atoms with Crippen molar-refractivity contribution in [3.8, 4) is 0 Å². The third-order valence-corrected chi connectivity index (χ3v) is 2.47. The zero-order valence-electron chi connectivity index (χ0n) is 7.87.